The van der Waals surface area contributed by atoms with Crippen molar-refractivity contribution in [2.45, 2.75) is 13.0 Å². The summed E-state index contributed by atoms with van der Waals surface area (Å²) in [6, 6.07) is 3.11. The van der Waals surface area contributed by atoms with Crippen LogP contribution in [0.25, 0.3) is 0 Å². The Bertz CT molecular complexity index is 313. The summed E-state index contributed by atoms with van der Waals surface area (Å²) in [5.41, 5.74) is 0.480. The number of hydrogen-bond donors (Lipinski definition) is 2. The molecule has 0 spiro atoms. The van der Waals surface area contributed by atoms with Crippen molar-refractivity contribution in [3.8, 4) is 0 Å². The molecule has 0 aromatic carbocycles. The van der Waals surface area contributed by atoms with Crippen molar-refractivity contribution in [2.75, 3.05) is 6.61 Å². The summed E-state index contributed by atoms with van der Waals surface area (Å²) in [6.45, 7) is 1.65. The Labute approximate surface area is 90.5 Å². The number of amides is 1. The van der Waals surface area contributed by atoms with Crippen molar-refractivity contribution in [3.05, 3.63) is 28.5 Å². The summed E-state index contributed by atoms with van der Waals surface area (Å²) in [5.74, 6) is -0.230. The van der Waals surface area contributed by atoms with Crippen LogP contribution in [0.5, 0.6) is 0 Å². The van der Waals surface area contributed by atoms with Gasteiger partial charge in [-0.15, -0.1) is 0 Å². The van der Waals surface area contributed by atoms with Gasteiger partial charge in [0.15, 0.2) is 0 Å². The lowest BCUT2D eigenvalue weighted by atomic mass is 10.2. The molecule has 1 rings (SSSR count). The SMILES string of the molecule is CC(CO)NC(=O)c1ccc(Br)nc1. The minimum Gasteiger partial charge on any atom is -0.394 e. The van der Waals surface area contributed by atoms with Crippen LogP contribution in [-0.2, 0) is 0 Å². The van der Waals surface area contributed by atoms with Crippen molar-refractivity contribution in [1.29, 1.82) is 0 Å². The molecular formula is C9H11BrN2O2. The predicted octanol–water partition coefficient (Wildman–Crippen LogP) is 0.955. The number of nitrogens with one attached hydrogen (secondary N) is 1. The Balaban J connectivity index is 2.65. The van der Waals surface area contributed by atoms with E-state index < -0.39 is 0 Å². The molecule has 4 nitrogen and oxygen atoms in total. The molecule has 0 fully saturated rings. The number of halogens is 1. The Hall–Kier alpha value is -0.940. The van der Waals surface area contributed by atoms with Gasteiger partial charge in [0, 0.05) is 12.2 Å². The second kappa shape index (κ2) is 5.07. The maximum Gasteiger partial charge on any atom is 0.253 e. The number of aliphatic hydroxyl groups is 1. The number of hydrogen-bond acceptors (Lipinski definition) is 3. The number of carbonyl (C=O) groups excluding carboxylic acids is 1. The highest BCUT2D eigenvalue weighted by Gasteiger charge is 2.08. The summed E-state index contributed by atoms with van der Waals surface area (Å²) < 4.78 is 0.684. The van der Waals surface area contributed by atoms with E-state index >= 15 is 0 Å². The first-order chi connectivity index (χ1) is 6.63. The molecule has 1 amide bonds. The lowest BCUT2D eigenvalue weighted by molar-refractivity contribution is 0.0922. The monoisotopic (exact) mass is 258 g/mol. The Morgan fingerprint density at radius 3 is 2.93 bits per heavy atom. The molecule has 0 radical (unpaired) electrons. The fraction of sp³-hybridized carbons (Fsp3) is 0.333. The van der Waals surface area contributed by atoms with Crippen molar-refractivity contribution in [1.82, 2.24) is 10.3 Å². The van der Waals surface area contributed by atoms with Gasteiger partial charge in [-0.3, -0.25) is 4.79 Å². The zero-order valence-corrected chi connectivity index (χ0v) is 9.28. The third-order valence-corrected chi connectivity index (χ3v) is 2.11. The first-order valence-corrected chi connectivity index (χ1v) is 4.96. The number of carbonyl (C=O) groups is 1. The fourth-order valence-electron chi connectivity index (χ4n) is 0.863. The Morgan fingerprint density at radius 1 is 1.71 bits per heavy atom. The smallest absolute Gasteiger partial charge is 0.253 e. The Morgan fingerprint density at radius 2 is 2.43 bits per heavy atom. The molecule has 14 heavy (non-hydrogen) atoms. The van der Waals surface area contributed by atoms with Crippen LogP contribution in [0.1, 0.15) is 17.3 Å². The van der Waals surface area contributed by atoms with Gasteiger partial charge in [0.25, 0.3) is 5.91 Å². The van der Waals surface area contributed by atoms with Gasteiger partial charge in [-0.1, -0.05) is 0 Å². The van der Waals surface area contributed by atoms with E-state index in [1.54, 1.807) is 19.1 Å². The van der Waals surface area contributed by atoms with Crippen LogP contribution < -0.4 is 5.32 Å². The lowest BCUT2D eigenvalue weighted by Crippen LogP contribution is -2.34. The maximum absolute atomic E-state index is 11.4. The van der Waals surface area contributed by atoms with Gasteiger partial charge < -0.3 is 10.4 Å². The van der Waals surface area contributed by atoms with E-state index in [0.717, 1.165) is 0 Å². The van der Waals surface area contributed by atoms with Gasteiger partial charge in [0.1, 0.15) is 4.60 Å². The molecule has 1 heterocycles. The predicted molar refractivity (Wildman–Crippen MR) is 56.0 cm³/mol. The zero-order chi connectivity index (χ0) is 10.6. The molecule has 0 aliphatic rings. The largest absolute Gasteiger partial charge is 0.394 e. The van der Waals surface area contributed by atoms with Crippen LogP contribution in [0.2, 0.25) is 0 Å². The number of aliphatic hydroxyl groups excluding tert-OH is 1. The van der Waals surface area contributed by atoms with Crippen LogP contribution in [0, 0.1) is 0 Å². The molecule has 1 atom stereocenters. The van der Waals surface area contributed by atoms with Gasteiger partial charge in [-0.05, 0) is 35.0 Å². The van der Waals surface area contributed by atoms with E-state index in [9.17, 15) is 4.79 Å². The van der Waals surface area contributed by atoms with Gasteiger partial charge in [0.05, 0.1) is 12.2 Å². The topological polar surface area (TPSA) is 62.2 Å². The number of rotatable bonds is 3. The third-order valence-electron chi connectivity index (χ3n) is 1.64. The molecule has 0 aliphatic heterocycles. The summed E-state index contributed by atoms with van der Waals surface area (Å²) in [6.07, 6.45) is 1.48. The van der Waals surface area contributed by atoms with E-state index in [1.807, 2.05) is 0 Å². The van der Waals surface area contributed by atoms with E-state index in [-0.39, 0.29) is 18.6 Å². The average Bonchev–Trinajstić information content (AvgIpc) is 2.18. The van der Waals surface area contributed by atoms with Gasteiger partial charge in [0.2, 0.25) is 0 Å². The van der Waals surface area contributed by atoms with E-state index in [0.29, 0.717) is 10.2 Å². The van der Waals surface area contributed by atoms with Gasteiger partial charge in [-0.2, -0.15) is 0 Å². The molecule has 0 saturated carbocycles. The van der Waals surface area contributed by atoms with Crippen LogP contribution in [0.4, 0.5) is 0 Å². The van der Waals surface area contributed by atoms with Crippen molar-refractivity contribution < 1.29 is 9.90 Å². The lowest BCUT2D eigenvalue weighted by Gasteiger charge is -2.10. The first kappa shape index (κ1) is 11.1. The van der Waals surface area contributed by atoms with Gasteiger partial charge in [-0.25, -0.2) is 4.98 Å². The molecule has 0 bridgehead atoms. The number of nitrogens with zero attached hydrogens (tertiary/aromatic N) is 1. The summed E-state index contributed by atoms with van der Waals surface area (Å²) in [4.78, 5) is 15.4. The van der Waals surface area contributed by atoms with Crippen LogP contribution in [0.15, 0.2) is 22.9 Å². The van der Waals surface area contributed by atoms with Crippen molar-refractivity contribution >= 4 is 21.8 Å². The molecule has 1 aromatic rings. The number of aromatic nitrogens is 1. The standard InChI is InChI=1S/C9H11BrN2O2/c1-6(5-13)12-9(14)7-2-3-8(10)11-4-7/h2-4,6,13H,5H2,1H3,(H,12,14). The maximum atomic E-state index is 11.4. The minimum absolute atomic E-state index is 0.0737. The highest BCUT2D eigenvalue weighted by molar-refractivity contribution is 9.10. The number of pyridine rings is 1. The third kappa shape index (κ3) is 3.08. The molecule has 1 aromatic heterocycles. The second-order valence-corrected chi connectivity index (χ2v) is 3.74. The van der Waals surface area contributed by atoms with E-state index in [4.69, 9.17) is 5.11 Å². The zero-order valence-electron chi connectivity index (χ0n) is 7.70. The summed E-state index contributed by atoms with van der Waals surface area (Å²) >= 11 is 3.18. The summed E-state index contributed by atoms with van der Waals surface area (Å²) in [7, 11) is 0. The quantitative estimate of drug-likeness (QED) is 0.794. The van der Waals surface area contributed by atoms with Crippen LogP contribution in [0.3, 0.4) is 0 Å². The average molecular weight is 259 g/mol. The molecule has 2 N–H and O–H groups in total. The van der Waals surface area contributed by atoms with Crippen molar-refractivity contribution in [2.24, 2.45) is 0 Å². The highest BCUT2D eigenvalue weighted by Crippen LogP contribution is 2.06. The van der Waals surface area contributed by atoms with E-state index in [1.165, 1.54) is 6.20 Å². The second-order valence-electron chi connectivity index (χ2n) is 2.93. The van der Waals surface area contributed by atoms with Crippen molar-refractivity contribution in [3.63, 3.8) is 0 Å². The van der Waals surface area contributed by atoms with E-state index in [2.05, 4.69) is 26.2 Å². The Kier molecular flexibility index (Phi) is 4.03. The summed E-state index contributed by atoms with van der Waals surface area (Å²) in [5, 5.41) is 11.4. The molecule has 76 valence electrons. The highest BCUT2D eigenvalue weighted by atomic mass is 79.9. The fourth-order valence-corrected chi connectivity index (χ4v) is 1.10. The molecule has 1 unspecified atom stereocenters. The minimum atomic E-state index is -0.244. The molecule has 0 aliphatic carbocycles. The van der Waals surface area contributed by atoms with Crippen LogP contribution in [-0.4, -0.2) is 28.6 Å². The molecule has 0 saturated heterocycles. The van der Waals surface area contributed by atoms with Crippen LogP contribution >= 0.6 is 15.9 Å². The van der Waals surface area contributed by atoms with Gasteiger partial charge >= 0.3 is 0 Å². The normalized spacial score (nSPS) is 12.2. The molecular weight excluding hydrogens is 248 g/mol. The first-order valence-electron chi connectivity index (χ1n) is 4.16. The molecule has 5 heteroatoms.